The third kappa shape index (κ3) is 2.76. The van der Waals surface area contributed by atoms with E-state index in [0.29, 0.717) is 32.0 Å². The number of benzene rings is 1. The predicted molar refractivity (Wildman–Crippen MR) is 102 cm³/mol. The molecule has 0 spiro atoms. The summed E-state index contributed by atoms with van der Waals surface area (Å²) < 4.78 is 20.9. The molecule has 4 rings (SSSR count). The van der Waals surface area contributed by atoms with Gasteiger partial charge in [0, 0.05) is 6.07 Å². The van der Waals surface area contributed by atoms with Gasteiger partial charge in [-0.3, -0.25) is 9.36 Å². The molecule has 0 amide bonds. The lowest BCUT2D eigenvalue weighted by atomic mass is 10.2. The highest BCUT2D eigenvalue weighted by atomic mass is 32.1. The molecule has 0 radical (unpaired) electrons. The lowest BCUT2D eigenvalue weighted by molar-refractivity contribution is 0.411. The number of halogens is 1. The van der Waals surface area contributed by atoms with Gasteiger partial charge in [-0.15, -0.1) is 17.8 Å². The first-order valence-electron chi connectivity index (χ1n) is 7.80. The Morgan fingerprint density at radius 3 is 2.96 bits per heavy atom. The summed E-state index contributed by atoms with van der Waals surface area (Å²) >= 11 is 1.17. The summed E-state index contributed by atoms with van der Waals surface area (Å²) in [7, 11) is 1.44. The zero-order chi connectivity index (χ0) is 19.0. The summed E-state index contributed by atoms with van der Waals surface area (Å²) in [5.41, 5.74) is 0.143. The van der Waals surface area contributed by atoms with E-state index in [1.54, 1.807) is 6.07 Å². The van der Waals surface area contributed by atoms with E-state index in [-0.39, 0.29) is 12.2 Å². The van der Waals surface area contributed by atoms with Crippen LogP contribution in [0.5, 0.6) is 5.75 Å². The van der Waals surface area contributed by atoms with Gasteiger partial charge in [0.15, 0.2) is 5.82 Å². The second kappa shape index (κ2) is 6.66. The van der Waals surface area contributed by atoms with Gasteiger partial charge in [-0.05, 0) is 12.1 Å². The second-order valence-corrected chi connectivity index (χ2v) is 6.48. The summed E-state index contributed by atoms with van der Waals surface area (Å²) in [6, 6.07) is 4.26. The second-order valence-electron chi connectivity index (χ2n) is 5.48. The molecule has 0 saturated carbocycles. The highest BCUT2D eigenvalue weighted by Gasteiger charge is 2.18. The molecule has 27 heavy (non-hydrogen) atoms. The summed E-state index contributed by atoms with van der Waals surface area (Å²) in [4.78, 5) is 26.3. The Balaban J connectivity index is 1.95. The van der Waals surface area contributed by atoms with Crippen LogP contribution in [0, 0.1) is 18.2 Å². The van der Waals surface area contributed by atoms with Crippen LogP contribution in [0.3, 0.4) is 0 Å². The highest BCUT2D eigenvalue weighted by Crippen LogP contribution is 2.33. The van der Waals surface area contributed by atoms with Crippen LogP contribution < -0.4 is 15.6 Å². The van der Waals surface area contributed by atoms with E-state index in [0.717, 1.165) is 4.57 Å². The maximum atomic E-state index is 14.4. The molecular weight excluding hydrogens is 369 g/mol. The molecule has 3 heterocycles. The van der Waals surface area contributed by atoms with Crippen LogP contribution in [0.2, 0.25) is 0 Å². The van der Waals surface area contributed by atoms with E-state index >= 15 is 0 Å². The predicted octanol–water partition coefficient (Wildman–Crippen LogP) is 2.58. The molecule has 0 bridgehead atoms. The van der Waals surface area contributed by atoms with Crippen LogP contribution in [0.15, 0.2) is 35.6 Å². The van der Waals surface area contributed by atoms with Crippen molar-refractivity contribution >= 4 is 37.6 Å². The topological polar surface area (TPSA) is 81.9 Å². The quantitative estimate of drug-likeness (QED) is 0.547. The molecule has 0 atom stereocenters. The zero-order valence-electron chi connectivity index (χ0n) is 14.1. The van der Waals surface area contributed by atoms with Gasteiger partial charge in [0.1, 0.15) is 39.3 Å². The first-order chi connectivity index (χ1) is 13.1. The molecule has 9 heteroatoms. The van der Waals surface area contributed by atoms with Crippen molar-refractivity contribution in [2.24, 2.45) is 0 Å². The smallest absolute Gasteiger partial charge is 0.276 e. The number of terminal acetylenes is 1. The third-order valence-corrected chi connectivity index (χ3v) is 5.03. The van der Waals surface area contributed by atoms with Crippen molar-refractivity contribution in [1.29, 1.82) is 0 Å². The minimum atomic E-state index is -0.588. The Morgan fingerprint density at radius 2 is 2.22 bits per heavy atom. The van der Waals surface area contributed by atoms with E-state index in [1.165, 1.54) is 43.2 Å². The van der Waals surface area contributed by atoms with E-state index < -0.39 is 11.4 Å². The summed E-state index contributed by atoms with van der Waals surface area (Å²) in [5, 5.41) is 3.62. The van der Waals surface area contributed by atoms with Crippen molar-refractivity contribution in [2.45, 2.75) is 0 Å². The number of nitrogens with one attached hydrogen (secondary N) is 1. The minimum Gasteiger partial charge on any atom is -0.497 e. The first kappa shape index (κ1) is 16.9. The number of methoxy groups -OCH3 is 1. The molecule has 1 N–H and O–H groups in total. The monoisotopic (exact) mass is 381 g/mol. The third-order valence-electron chi connectivity index (χ3n) is 3.95. The van der Waals surface area contributed by atoms with E-state index in [9.17, 15) is 9.18 Å². The Kier molecular flexibility index (Phi) is 4.18. The molecule has 0 aliphatic heterocycles. The number of hydrogen-bond acceptors (Lipinski definition) is 7. The fraction of sp³-hybridized carbons (Fsp3) is 0.111. The molecule has 0 aliphatic carbocycles. The zero-order valence-corrected chi connectivity index (χ0v) is 14.9. The van der Waals surface area contributed by atoms with E-state index in [2.05, 4.69) is 26.2 Å². The van der Waals surface area contributed by atoms with Crippen molar-refractivity contribution in [2.75, 3.05) is 19.0 Å². The van der Waals surface area contributed by atoms with Crippen molar-refractivity contribution in [3.63, 3.8) is 0 Å². The number of thiophene rings is 1. The molecular formula is C18H12FN5O2S. The summed E-state index contributed by atoms with van der Waals surface area (Å²) in [6.45, 7) is 0.275. The maximum absolute atomic E-state index is 14.4. The Morgan fingerprint density at radius 1 is 1.37 bits per heavy atom. The SMILES string of the molecule is C#CCNc1ncnc2sc3c(=O)n(-c4ccc(OC)cc4F)cnc3c12. The molecule has 0 saturated heterocycles. The molecule has 4 aromatic rings. The Hall–Kier alpha value is -3.51. The number of rotatable bonds is 4. The fourth-order valence-electron chi connectivity index (χ4n) is 2.71. The van der Waals surface area contributed by atoms with Crippen LogP contribution in [0.4, 0.5) is 10.2 Å². The van der Waals surface area contributed by atoms with Crippen molar-refractivity contribution < 1.29 is 9.13 Å². The van der Waals surface area contributed by atoms with Crippen molar-refractivity contribution in [1.82, 2.24) is 19.5 Å². The number of anilines is 1. The molecule has 0 unspecified atom stereocenters. The van der Waals surface area contributed by atoms with Gasteiger partial charge in [-0.1, -0.05) is 5.92 Å². The van der Waals surface area contributed by atoms with Crippen LogP contribution in [0.25, 0.3) is 26.1 Å². The van der Waals surface area contributed by atoms with Crippen LogP contribution >= 0.6 is 11.3 Å². The molecule has 134 valence electrons. The lowest BCUT2D eigenvalue weighted by Crippen LogP contribution is -2.18. The summed E-state index contributed by atoms with van der Waals surface area (Å²) in [5.74, 6) is 2.75. The molecule has 7 nitrogen and oxygen atoms in total. The van der Waals surface area contributed by atoms with Crippen LogP contribution in [0.1, 0.15) is 0 Å². The van der Waals surface area contributed by atoms with Gasteiger partial charge in [0.2, 0.25) is 0 Å². The van der Waals surface area contributed by atoms with Gasteiger partial charge >= 0.3 is 0 Å². The molecule has 1 aromatic carbocycles. The Labute approximate surface area is 156 Å². The van der Waals surface area contributed by atoms with Gasteiger partial charge in [0.05, 0.1) is 24.7 Å². The van der Waals surface area contributed by atoms with Gasteiger partial charge in [-0.2, -0.15) is 0 Å². The molecule has 0 aliphatic rings. The lowest BCUT2D eigenvalue weighted by Gasteiger charge is -2.08. The maximum Gasteiger partial charge on any atom is 0.276 e. The van der Waals surface area contributed by atoms with Gasteiger partial charge in [-0.25, -0.2) is 19.3 Å². The van der Waals surface area contributed by atoms with Gasteiger partial charge in [0.25, 0.3) is 5.56 Å². The Bertz CT molecular complexity index is 1270. The largest absolute Gasteiger partial charge is 0.497 e. The number of aromatic nitrogens is 4. The highest BCUT2D eigenvalue weighted by molar-refractivity contribution is 7.25. The van der Waals surface area contributed by atoms with Crippen LogP contribution in [-0.2, 0) is 0 Å². The summed E-state index contributed by atoms with van der Waals surface area (Å²) in [6.07, 6.45) is 7.96. The van der Waals surface area contributed by atoms with Crippen molar-refractivity contribution in [3.05, 3.63) is 47.0 Å². The average Bonchev–Trinajstić information content (AvgIpc) is 3.07. The minimum absolute atomic E-state index is 0.0874. The fourth-order valence-corrected chi connectivity index (χ4v) is 3.74. The van der Waals surface area contributed by atoms with Crippen LogP contribution in [-0.4, -0.2) is 33.2 Å². The number of nitrogens with zero attached hydrogens (tertiary/aromatic N) is 4. The van der Waals surface area contributed by atoms with Gasteiger partial charge < -0.3 is 10.1 Å². The van der Waals surface area contributed by atoms with E-state index in [4.69, 9.17) is 11.2 Å². The number of ether oxygens (including phenoxy) is 1. The van der Waals surface area contributed by atoms with E-state index in [1.807, 2.05) is 0 Å². The first-order valence-corrected chi connectivity index (χ1v) is 8.61. The van der Waals surface area contributed by atoms with Crippen molar-refractivity contribution in [3.8, 4) is 23.8 Å². The normalized spacial score (nSPS) is 10.9. The molecule has 0 fully saturated rings. The average molecular weight is 381 g/mol. The number of hydrogen-bond donors (Lipinski definition) is 1. The molecule has 3 aromatic heterocycles. The number of fused-ring (bicyclic) bond motifs is 3. The standard InChI is InChI=1S/C18H12FN5O2S/c1-3-6-20-16-13-14-15(27-17(13)22-8-21-16)18(25)24(9-23-14)12-5-4-10(26-2)7-11(12)19/h1,4-5,7-9H,6H2,2H3,(H,20,21,22).